The number of hydrogen-bond donors (Lipinski definition) is 1. The zero-order valence-corrected chi connectivity index (χ0v) is 11.7. The summed E-state index contributed by atoms with van der Waals surface area (Å²) < 4.78 is 0. The molecule has 2 N–H and O–H groups in total. The Balaban J connectivity index is 1.88. The van der Waals surface area contributed by atoms with Crippen LogP contribution in [0.25, 0.3) is 0 Å². The van der Waals surface area contributed by atoms with Crippen molar-refractivity contribution in [1.82, 2.24) is 9.80 Å². The van der Waals surface area contributed by atoms with Gasteiger partial charge in [0.15, 0.2) is 0 Å². The van der Waals surface area contributed by atoms with Crippen LogP contribution < -0.4 is 5.73 Å². The number of nitrogens with two attached hydrogens (primary N) is 1. The first-order chi connectivity index (χ1) is 9.26. The first kappa shape index (κ1) is 14.4. The van der Waals surface area contributed by atoms with E-state index in [1.165, 1.54) is 12.8 Å². The Labute approximate surface area is 116 Å². The van der Waals surface area contributed by atoms with Crippen LogP contribution in [0.4, 0.5) is 0 Å². The van der Waals surface area contributed by atoms with Gasteiger partial charge in [0.2, 0.25) is 5.91 Å². The highest BCUT2D eigenvalue weighted by Crippen LogP contribution is 2.31. The van der Waals surface area contributed by atoms with Crippen molar-refractivity contribution in [3.8, 4) is 12.3 Å². The number of hydrogen-bond acceptors (Lipinski definition) is 3. The summed E-state index contributed by atoms with van der Waals surface area (Å²) in [5.41, 5.74) is 5.82. The molecule has 1 heterocycles. The Morgan fingerprint density at radius 2 is 1.89 bits per heavy atom. The van der Waals surface area contributed by atoms with Crippen molar-refractivity contribution >= 4 is 5.91 Å². The maximum Gasteiger partial charge on any atom is 0.226 e. The highest BCUT2D eigenvalue weighted by Gasteiger charge is 2.33. The molecule has 2 fully saturated rings. The molecule has 0 bridgehead atoms. The molecular weight excluding hydrogens is 238 g/mol. The van der Waals surface area contributed by atoms with Gasteiger partial charge < -0.3 is 10.6 Å². The average molecular weight is 263 g/mol. The van der Waals surface area contributed by atoms with Gasteiger partial charge in [0, 0.05) is 32.1 Å². The fourth-order valence-corrected chi connectivity index (χ4v) is 3.30. The number of amides is 1. The summed E-state index contributed by atoms with van der Waals surface area (Å²) in [6, 6.07) is 0. The van der Waals surface area contributed by atoms with Gasteiger partial charge in [-0.05, 0) is 25.3 Å². The van der Waals surface area contributed by atoms with Crippen molar-refractivity contribution in [1.29, 1.82) is 0 Å². The Hall–Kier alpha value is -1.05. The molecule has 0 aromatic carbocycles. The van der Waals surface area contributed by atoms with Crippen LogP contribution in [0.2, 0.25) is 0 Å². The van der Waals surface area contributed by atoms with Crippen LogP contribution in [0, 0.1) is 24.2 Å². The first-order valence-electron chi connectivity index (χ1n) is 7.41. The third-order valence-corrected chi connectivity index (χ3v) is 4.53. The SMILES string of the molecule is C#CCN1CCN(C(=O)C2CCCCC2CN)CC1. The lowest BCUT2D eigenvalue weighted by atomic mass is 9.78. The molecule has 2 atom stereocenters. The minimum Gasteiger partial charge on any atom is -0.340 e. The van der Waals surface area contributed by atoms with E-state index in [1.807, 2.05) is 4.90 Å². The normalized spacial score (nSPS) is 28.9. The zero-order valence-electron chi connectivity index (χ0n) is 11.7. The molecule has 0 aromatic rings. The molecule has 2 unspecified atom stereocenters. The molecule has 1 amide bonds. The van der Waals surface area contributed by atoms with Crippen LogP contribution in [0.3, 0.4) is 0 Å². The lowest BCUT2D eigenvalue weighted by Gasteiger charge is -2.38. The summed E-state index contributed by atoms with van der Waals surface area (Å²) in [5, 5.41) is 0. The molecule has 0 aromatic heterocycles. The van der Waals surface area contributed by atoms with Gasteiger partial charge in [0.05, 0.1) is 6.54 Å². The van der Waals surface area contributed by atoms with Crippen molar-refractivity contribution in [2.75, 3.05) is 39.3 Å². The van der Waals surface area contributed by atoms with Gasteiger partial charge in [0.1, 0.15) is 0 Å². The maximum absolute atomic E-state index is 12.6. The molecular formula is C15H25N3O. The topological polar surface area (TPSA) is 49.6 Å². The van der Waals surface area contributed by atoms with E-state index in [1.54, 1.807) is 0 Å². The van der Waals surface area contributed by atoms with Gasteiger partial charge in [-0.25, -0.2) is 0 Å². The van der Waals surface area contributed by atoms with E-state index in [2.05, 4.69) is 10.8 Å². The van der Waals surface area contributed by atoms with Gasteiger partial charge in [-0.3, -0.25) is 9.69 Å². The fourth-order valence-electron chi connectivity index (χ4n) is 3.30. The van der Waals surface area contributed by atoms with Crippen LogP contribution in [0.5, 0.6) is 0 Å². The van der Waals surface area contributed by atoms with E-state index in [-0.39, 0.29) is 5.92 Å². The van der Waals surface area contributed by atoms with Crippen molar-refractivity contribution in [3.05, 3.63) is 0 Å². The standard InChI is InChI=1S/C15H25N3O/c1-2-7-17-8-10-18(11-9-17)15(19)14-6-4-3-5-13(14)12-16/h1,13-14H,3-12,16H2. The Kier molecular flexibility index (Phi) is 5.24. The Morgan fingerprint density at radius 3 is 2.53 bits per heavy atom. The predicted molar refractivity (Wildman–Crippen MR) is 76.4 cm³/mol. The van der Waals surface area contributed by atoms with Crippen LogP contribution in [0.15, 0.2) is 0 Å². The molecule has 1 saturated carbocycles. The monoisotopic (exact) mass is 263 g/mol. The second kappa shape index (κ2) is 6.93. The second-order valence-corrected chi connectivity index (χ2v) is 5.69. The summed E-state index contributed by atoms with van der Waals surface area (Å²) in [7, 11) is 0. The number of carbonyl (C=O) groups excluding carboxylic acids is 1. The smallest absolute Gasteiger partial charge is 0.226 e. The number of nitrogens with zero attached hydrogens (tertiary/aromatic N) is 2. The highest BCUT2D eigenvalue weighted by atomic mass is 16.2. The highest BCUT2D eigenvalue weighted by molar-refractivity contribution is 5.79. The fraction of sp³-hybridized carbons (Fsp3) is 0.800. The lowest BCUT2D eigenvalue weighted by Crippen LogP contribution is -2.51. The lowest BCUT2D eigenvalue weighted by molar-refractivity contribution is -0.140. The van der Waals surface area contributed by atoms with Crippen molar-refractivity contribution < 1.29 is 4.79 Å². The molecule has 1 aliphatic carbocycles. The van der Waals surface area contributed by atoms with E-state index in [4.69, 9.17) is 12.2 Å². The summed E-state index contributed by atoms with van der Waals surface area (Å²) in [6.45, 7) is 4.76. The Bertz CT molecular complexity index is 342. The third kappa shape index (κ3) is 3.49. The quantitative estimate of drug-likeness (QED) is 0.756. The molecule has 2 aliphatic rings. The largest absolute Gasteiger partial charge is 0.340 e. The van der Waals surface area contributed by atoms with Gasteiger partial charge in [-0.1, -0.05) is 18.8 Å². The van der Waals surface area contributed by atoms with E-state index >= 15 is 0 Å². The summed E-state index contributed by atoms with van der Waals surface area (Å²) in [5.74, 6) is 3.55. The van der Waals surface area contributed by atoms with Crippen LogP contribution in [-0.2, 0) is 4.79 Å². The van der Waals surface area contributed by atoms with Crippen molar-refractivity contribution in [2.45, 2.75) is 25.7 Å². The first-order valence-corrected chi connectivity index (χ1v) is 7.41. The molecule has 4 heteroatoms. The predicted octanol–water partition coefficient (Wildman–Crippen LogP) is 0.529. The summed E-state index contributed by atoms with van der Waals surface area (Å²) in [6.07, 6.45) is 9.85. The van der Waals surface area contributed by atoms with E-state index < -0.39 is 0 Å². The van der Waals surface area contributed by atoms with Gasteiger partial charge >= 0.3 is 0 Å². The minimum absolute atomic E-state index is 0.165. The molecule has 106 valence electrons. The number of terminal acetylenes is 1. The van der Waals surface area contributed by atoms with Crippen molar-refractivity contribution in [3.63, 3.8) is 0 Å². The maximum atomic E-state index is 12.6. The Morgan fingerprint density at radius 1 is 1.21 bits per heavy atom. The number of piperazine rings is 1. The van der Waals surface area contributed by atoms with Crippen LogP contribution in [-0.4, -0.2) is 55.0 Å². The van der Waals surface area contributed by atoms with Gasteiger partial charge in [-0.2, -0.15) is 0 Å². The second-order valence-electron chi connectivity index (χ2n) is 5.69. The van der Waals surface area contributed by atoms with Gasteiger partial charge in [-0.15, -0.1) is 6.42 Å². The summed E-state index contributed by atoms with van der Waals surface area (Å²) in [4.78, 5) is 16.8. The molecule has 2 rings (SSSR count). The van der Waals surface area contributed by atoms with Crippen LogP contribution in [0.1, 0.15) is 25.7 Å². The van der Waals surface area contributed by atoms with Crippen LogP contribution >= 0.6 is 0 Å². The van der Waals surface area contributed by atoms with Gasteiger partial charge in [0.25, 0.3) is 0 Å². The zero-order chi connectivity index (χ0) is 13.7. The third-order valence-electron chi connectivity index (χ3n) is 4.53. The molecule has 1 saturated heterocycles. The molecule has 0 spiro atoms. The summed E-state index contributed by atoms with van der Waals surface area (Å²) >= 11 is 0. The van der Waals surface area contributed by atoms with Crippen molar-refractivity contribution in [2.24, 2.45) is 17.6 Å². The minimum atomic E-state index is 0.165. The van der Waals surface area contributed by atoms with E-state index in [0.29, 0.717) is 24.9 Å². The molecule has 0 radical (unpaired) electrons. The molecule has 1 aliphatic heterocycles. The van der Waals surface area contributed by atoms with E-state index in [9.17, 15) is 4.79 Å². The molecule has 4 nitrogen and oxygen atoms in total. The molecule has 19 heavy (non-hydrogen) atoms. The number of carbonyl (C=O) groups is 1. The number of rotatable bonds is 3. The average Bonchev–Trinajstić information content (AvgIpc) is 2.47. The van der Waals surface area contributed by atoms with E-state index in [0.717, 1.165) is 39.0 Å².